The summed E-state index contributed by atoms with van der Waals surface area (Å²) in [4.78, 5) is 1.69. The molecule has 1 aliphatic rings. The summed E-state index contributed by atoms with van der Waals surface area (Å²) in [5.41, 5.74) is 0. The number of allylic oxidation sites excluding steroid dienone is 2. The molecule has 5 heteroatoms. The summed E-state index contributed by atoms with van der Waals surface area (Å²) in [6.07, 6.45) is 8.24. The molecule has 1 unspecified atom stereocenters. The van der Waals surface area contributed by atoms with Gasteiger partial charge in [0.15, 0.2) is 5.37 Å². The fourth-order valence-corrected chi connectivity index (χ4v) is 2.53. The lowest BCUT2D eigenvalue weighted by Gasteiger charge is -2.27. The van der Waals surface area contributed by atoms with Gasteiger partial charge in [-0.15, -0.1) is 6.58 Å². The Morgan fingerprint density at radius 2 is 2.27 bits per heavy atom. The van der Waals surface area contributed by atoms with E-state index in [0.29, 0.717) is 6.54 Å². The van der Waals surface area contributed by atoms with Crippen molar-refractivity contribution >= 4 is 10.1 Å². The molecule has 0 bridgehead atoms. The molecule has 0 aromatic rings. The first-order valence-electron chi connectivity index (χ1n) is 4.71. The average Bonchev–Trinajstić information content (AvgIpc) is 2.26. The van der Waals surface area contributed by atoms with E-state index in [-0.39, 0.29) is 6.61 Å². The number of hydrogen-bond acceptors (Lipinski definition) is 4. The second-order valence-electron chi connectivity index (χ2n) is 3.01. The molecule has 15 heavy (non-hydrogen) atoms. The average molecular weight is 229 g/mol. The maximum atomic E-state index is 11.7. The Bertz CT molecular complexity index is 370. The highest BCUT2D eigenvalue weighted by Crippen LogP contribution is 2.15. The standard InChI is InChI=1S/C10H15NO3S/c1-3-9-14-15(12,13)10-7-5-6-8-11(10)4-2/h3,5-8,10H,1,4,9H2,2H3. The lowest BCUT2D eigenvalue weighted by molar-refractivity contribution is 0.312. The molecule has 4 nitrogen and oxygen atoms in total. The predicted molar refractivity (Wildman–Crippen MR) is 59.5 cm³/mol. The van der Waals surface area contributed by atoms with Gasteiger partial charge in [0.2, 0.25) is 0 Å². The molecular weight excluding hydrogens is 214 g/mol. The van der Waals surface area contributed by atoms with Gasteiger partial charge in [-0.25, -0.2) is 0 Å². The van der Waals surface area contributed by atoms with E-state index >= 15 is 0 Å². The first-order chi connectivity index (χ1) is 7.11. The van der Waals surface area contributed by atoms with E-state index in [0.717, 1.165) is 0 Å². The number of likely N-dealkylation sites (N-methyl/N-ethyl adjacent to an activating group) is 1. The molecule has 0 spiro atoms. The van der Waals surface area contributed by atoms with E-state index in [1.807, 2.05) is 6.92 Å². The lowest BCUT2D eigenvalue weighted by atomic mass is 10.3. The van der Waals surface area contributed by atoms with Crippen LogP contribution in [0, 0.1) is 0 Å². The van der Waals surface area contributed by atoms with Crippen molar-refractivity contribution < 1.29 is 12.6 Å². The Balaban J connectivity index is 2.81. The quantitative estimate of drug-likeness (QED) is 0.526. The van der Waals surface area contributed by atoms with Crippen LogP contribution in [0.3, 0.4) is 0 Å². The summed E-state index contributed by atoms with van der Waals surface area (Å²) in [5, 5.41) is -0.729. The van der Waals surface area contributed by atoms with E-state index in [9.17, 15) is 8.42 Å². The lowest BCUT2D eigenvalue weighted by Crippen LogP contribution is -2.38. The van der Waals surface area contributed by atoms with E-state index in [4.69, 9.17) is 4.18 Å². The molecule has 0 aromatic heterocycles. The van der Waals surface area contributed by atoms with Crippen LogP contribution in [0.1, 0.15) is 6.92 Å². The number of rotatable bonds is 5. The molecule has 0 aromatic carbocycles. The summed E-state index contributed by atoms with van der Waals surface area (Å²) in [6.45, 7) is 5.92. The van der Waals surface area contributed by atoms with Crippen LogP contribution in [0.2, 0.25) is 0 Å². The Morgan fingerprint density at radius 1 is 1.53 bits per heavy atom. The van der Waals surface area contributed by atoms with Crippen LogP contribution < -0.4 is 0 Å². The van der Waals surface area contributed by atoms with Crippen LogP contribution in [0.5, 0.6) is 0 Å². The van der Waals surface area contributed by atoms with Crippen LogP contribution in [0.25, 0.3) is 0 Å². The van der Waals surface area contributed by atoms with E-state index in [2.05, 4.69) is 6.58 Å². The summed E-state index contributed by atoms with van der Waals surface area (Å²) in [7, 11) is -3.59. The minimum atomic E-state index is -3.59. The van der Waals surface area contributed by atoms with Crippen LogP contribution >= 0.6 is 0 Å². The fraction of sp³-hybridized carbons (Fsp3) is 0.400. The van der Waals surface area contributed by atoms with Crippen molar-refractivity contribution in [1.82, 2.24) is 4.90 Å². The fourth-order valence-electron chi connectivity index (χ4n) is 1.27. The van der Waals surface area contributed by atoms with Gasteiger partial charge < -0.3 is 4.90 Å². The van der Waals surface area contributed by atoms with Gasteiger partial charge in [-0.05, 0) is 19.1 Å². The molecule has 0 radical (unpaired) electrons. The molecule has 1 rings (SSSR count). The second kappa shape index (κ2) is 5.14. The van der Waals surface area contributed by atoms with Crippen molar-refractivity contribution in [2.75, 3.05) is 13.2 Å². The highest BCUT2D eigenvalue weighted by molar-refractivity contribution is 7.87. The van der Waals surface area contributed by atoms with Gasteiger partial charge in [-0.2, -0.15) is 8.42 Å². The van der Waals surface area contributed by atoms with Gasteiger partial charge in [0.25, 0.3) is 10.1 Å². The molecule has 0 amide bonds. The third kappa shape index (κ3) is 2.94. The van der Waals surface area contributed by atoms with Crippen molar-refractivity contribution in [3.05, 3.63) is 37.1 Å². The summed E-state index contributed by atoms with van der Waals surface area (Å²) >= 11 is 0. The Kier molecular flexibility index (Phi) is 4.11. The highest BCUT2D eigenvalue weighted by Gasteiger charge is 2.28. The molecule has 0 fully saturated rings. The van der Waals surface area contributed by atoms with Gasteiger partial charge in [0.05, 0.1) is 6.61 Å². The monoisotopic (exact) mass is 229 g/mol. The predicted octanol–water partition coefficient (Wildman–Crippen LogP) is 1.25. The van der Waals surface area contributed by atoms with Gasteiger partial charge in [-0.3, -0.25) is 4.18 Å². The third-order valence-electron chi connectivity index (χ3n) is 2.00. The van der Waals surface area contributed by atoms with Crippen molar-refractivity contribution in [3.8, 4) is 0 Å². The van der Waals surface area contributed by atoms with E-state index in [1.54, 1.807) is 29.3 Å². The number of nitrogens with zero attached hydrogens (tertiary/aromatic N) is 1. The topological polar surface area (TPSA) is 46.6 Å². The maximum Gasteiger partial charge on any atom is 0.292 e. The first kappa shape index (κ1) is 12.0. The molecule has 0 N–H and O–H groups in total. The molecule has 1 heterocycles. The first-order valence-corrected chi connectivity index (χ1v) is 6.19. The van der Waals surface area contributed by atoms with Crippen molar-refractivity contribution in [1.29, 1.82) is 0 Å². The van der Waals surface area contributed by atoms with Crippen molar-refractivity contribution in [2.45, 2.75) is 12.3 Å². The largest absolute Gasteiger partial charge is 0.356 e. The summed E-state index contributed by atoms with van der Waals surface area (Å²) in [5.74, 6) is 0. The maximum absolute atomic E-state index is 11.7. The minimum Gasteiger partial charge on any atom is -0.356 e. The molecule has 0 aliphatic carbocycles. The number of hydrogen-bond donors (Lipinski definition) is 0. The summed E-state index contributed by atoms with van der Waals surface area (Å²) < 4.78 is 28.2. The summed E-state index contributed by atoms with van der Waals surface area (Å²) in [6, 6.07) is 0. The normalized spacial score (nSPS) is 20.6. The van der Waals surface area contributed by atoms with E-state index < -0.39 is 15.5 Å². The Labute approximate surface area is 90.7 Å². The third-order valence-corrected chi connectivity index (χ3v) is 3.49. The SMILES string of the molecule is C=CCOS(=O)(=O)C1C=CC=CN1CC. The zero-order chi connectivity index (χ0) is 11.3. The molecule has 1 atom stereocenters. The second-order valence-corrected chi connectivity index (χ2v) is 4.72. The Morgan fingerprint density at radius 3 is 2.87 bits per heavy atom. The van der Waals surface area contributed by atoms with Crippen LogP contribution in [0.4, 0.5) is 0 Å². The van der Waals surface area contributed by atoms with Crippen LogP contribution in [-0.2, 0) is 14.3 Å². The molecule has 0 saturated heterocycles. The van der Waals surface area contributed by atoms with Gasteiger partial charge >= 0.3 is 0 Å². The van der Waals surface area contributed by atoms with Crippen LogP contribution in [-0.4, -0.2) is 31.8 Å². The van der Waals surface area contributed by atoms with Crippen LogP contribution in [0.15, 0.2) is 37.1 Å². The molecule has 1 aliphatic heterocycles. The highest BCUT2D eigenvalue weighted by atomic mass is 32.2. The zero-order valence-electron chi connectivity index (χ0n) is 8.67. The zero-order valence-corrected chi connectivity index (χ0v) is 9.48. The van der Waals surface area contributed by atoms with Gasteiger partial charge in [0.1, 0.15) is 0 Å². The van der Waals surface area contributed by atoms with E-state index in [1.165, 1.54) is 6.08 Å². The smallest absolute Gasteiger partial charge is 0.292 e. The molecular formula is C10H15NO3S. The Hall–Kier alpha value is -1.07. The molecule has 0 saturated carbocycles. The van der Waals surface area contributed by atoms with Crippen molar-refractivity contribution in [3.63, 3.8) is 0 Å². The van der Waals surface area contributed by atoms with Gasteiger partial charge in [-0.1, -0.05) is 12.2 Å². The molecule has 84 valence electrons. The minimum absolute atomic E-state index is 0.00788. The van der Waals surface area contributed by atoms with Crippen molar-refractivity contribution in [2.24, 2.45) is 0 Å². The van der Waals surface area contributed by atoms with Gasteiger partial charge in [0, 0.05) is 12.7 Å².